The van der Waals surface area contributed by atoms with Crippen LogP contribution in [0.3, 0.4) is 0 Å². The van der Waals surface area contributed by atoms with Gasteiger partial charge in [-0.3, -0.25) is 0 Å². The van der Waals surface area contributed by atoms with Crippen molar-refractivity contribution >= 4 is 6.09 Å². The summed E-state index contributed by atoms with van der Waals surface area (Å²) < 4.78 is 4.70. The van der Waals surface area contributed by atoms with Gasteiger partial charge < -0.3 is 15.2 Å². The van der Waals surface area contributed by atoms with E-state index in [1.165, 1.54) is 6.08 Å². The summed E-state index contributed by atoms with van der Waals surface area (Å²) in [7, 11) is 0. The lowest BCUT2D eigenvalue weighted by Gasteiger charge is -2.11. The molecule has 0 aliphatic heterocycles. The van der Waals surface area contributed by atoms with Crippen molar-refractivity contribution in [3.63, 3.8) is 0 Å². The number of nitrogens with one attached hydrogen (secondary N) is 1. The first kappa shape index (κ1) is 12.3. The fourth-order valence-corrected chi connectivity index (χ4v) is 1.16. The number of aliphatic hydroxyl groups excluding tert-OH is 1. The van der Waals surface area contributed by atoms with E-state index in [1.54, 1.807) is 12.1 Å². The minimum Gasteiger partial charge on any atom is -0.445 e. The number of hydrogen-bond donors (Lipinski definition) is 2. The molecule has 0 fully saturated rings. The van der Waals surface area contributed by atoms with Crippen LogP contribution in [0.5, 0.6) is 0 Å². The molecule has 1 aromatic carbocycles. The van der Waals surface area contributed by atoms with Crippen LogP contribution >= 0.6 is 0 Å². The Hall–Kier alpha value is -1.81. The van der Waals surface area contributed by atoms with Gasteiger partial charge in [-0.05, 0) is 5.56 Å². The van der Waals surface area contributed by atoms with Gasteiger partial charge >= 0.3 is 6.09 Å². The molecule has 4 heteroatoms. The molecule has 0 heterocycles. The molecule has 2 N–H and O–H groups in total. The molecule has 0 saturated carbocycles. The van der Waals surface area contributed by atoms with Crippen LogP contribution < -0.4 is 5.32 Å². The highest BCUT2D eigenvalue weighted by Gasteiger charge is 2.08. The number of ether oxygens (including phenoxy) is 1. The Morgan fingerprint density at radius 2 is 2.19 bits per heavy atom. The van der Waals surface area contributed by atoms with Crippen LogP contribution in [0.15, 0.2) is 43.0 Å². The molecule has 0 bridgehead atoms. The van der Waals surface area contributed by atoms with E-state index in [-0.39, 0.29) is 13.2 Å². The van der Waals surface area contributed by atoms with Crippen LogP contribution in [-0.4, -0.2) is 24.4 Å². The molecule has 0 aliphatic carbocycles. The second-order valence-electron chi connectivity index (χ2n) is 3.19. The van der Waals surface area contributed by atoms with Crippen LogP contribution in [0.25, 0.3) is 0 Å². The van der Waals surface area contributed by atoms with Crippen LogP contribution in [0.1, 0.15) is 11.7 Å². The number of aliphatic hydroxyl groups is 1. The van der Waals surface area contributed by atoms with Crippen molar-refractivity contribution in [1.29, 1.82) is 0 Å². The number of benzene rings is 1. The zero-order valence-corrected chi connectivity index (χ0v) is 8.93. The lowest BCUT2D eigenvalue weighted by molar-refractivity contribution is 0.139. The fraction of sp³-hybridized carbons (Fsp3) is 0.250. The molecule has 0 unspecified atom stereocenters. The second-order valence-corrected chi connectivity index (χ2v) is 3.19. The van der Waals surface area contributed by atoms with Crippen molar-refractivity contribution in [3.05, 3.63) is 48.6 Å². The highest BCUT2D eigenvalue weighted by Crippen LogP contribution is 2.10. The molecule has 1 rings (SSSR count). The molecule has 0 aliphatic rings. The first-order chi connectivity index (χ1) is 7.74. The van der Waals surface area contributed by atoms with Gasteiger partial charge in [0.05, 0.1) is 12.6 Å². The van der Waals surface area contributed by atoms with Gasteiger partial charge in [-0.2, -0.15) is 0 Å². The molecule has 16 heavy (non-hydrogen) atoms. The second kappa shape index (κ2) is 6.63. The minimum absolute atomic E-state index is 0.125. The van der Waals surface area contributed by atoms with E-state index in [1.807, 2.05) is 18.2 Å². The number of carbonyl (C=O) groups is 1. The zero-order chi connectivity index (χ0) is 11.8. The van der Waals surface area contributed by atoms with Gasteiger partial charge in [0.1, 0.15) is 6.61 Å². The quantitative estimate of drug-likeness (QED) is 0.743. The van der Waals surface area contributed by atoms with E-state index < -0.39 is 12.2 Å². The van der Waals surface area contributed by atoms with Crippen molar-refractivity contribution in [2.24, 2.45) is 0 Å². The van der Waals surface area contributed by atoms with Crippen molar-refractivity contribution in [2.75, 3.05) is 13.2 Å². The van der Waals surface area contributed by atoms with Crippen molar-refractivity contribution < 1.29 is 14.6 Å². The van der Waals surface area contributed by atoms with Gasteiger partial charge in [0.25, 0.3) is 0 Å². The lowest BCUT2D eigenvalue weighted by atomic mass is 10.1. The molecule has 0 spiro atoms. The maximum absolute atomic E-state index is 11.0. The molecule has 0 aromatic heterocycles. The van der Waals surface area contributed by atoms with E-state index in [9.17, 15) is 9.90 Å². The largest absolute Gasteiger partial charge is 0.445 e. The maximum atomic E-state index is 11.0. The number of carbonyl (C=O) groups excluding carboxylic acids is 1. The Morgan fingerprint density at radius 1 is 1.50 bits per heavy atom. The number of rotatable bonds is 5. The molecule has 1 aromatic rings. The SMILES string of the molecule is C=CCOC(=O)NC[C@H](O)c1ccccc1. The van der Waals surface area contributed by atoms with Gasteiger partial charge in [0, 0.05) is 0 Å². The summed E-state index contributed by atoms with van der Waals surface area (Å²) in [6.07, 6.45) is 0.195. The minimum atomic E-state index is -0.725. The summed E-state index contributed by atoms with van der Waals surface area (Å²) in [5.74, 6) is 0. The highest BCUT2D eigenvalue weighted by molar-refractivity contribution is 5.67. The summed E-state index contributed by atoms with van der Waals surface area (Å²) in [6, 6.07) is 9.11. The van der Waals surface area contributed by atoms with Crippen molar-refractivity contribution in [1.82, 2.24) is 5.32 Å². The molecule has 1 amide bonds. The smallest absolute Gasteiger partial charge is 0.407 e. The third-order valence-electron chi connectivity index (χ3n) is 1.96. The third kappa shape index (κ3) is 4.14. The predicted octanol–water partition coefficient (Wildman–Crippen LogP) is 1.63. The maximum Gasteiger partial charge on any atom is 0.407 e. The molecule has 1 atom stereocenters. The molecule has 4 nitrogen and oxygen atoms in total. The number of amides is 1. The topological polar surface area (TPSA) is 58.6 Å². The zero-order valence-electron chi connectivity index (χ0n) is 8.93. The van der Waals surface area contributed by atoms with E-state index in [0.717, 1.165) is 5.56 Å². The molecule has 0 saturated heterocycles. The van der Waals surface area contributed by atoms with E-state index in [4.69, 9.17) is 4.74 Å². The van der Waals surface area contributed by atoms with Gasteiger partial charge in [-0.25, -0.2) is 4.79 Å². The predicted molar refractivity (Wildman–Crippen MR) is 60.9 cm³/mol. The van der Waals surface area contributed by atoms with Gasteiger partial charge in [-0.15, -0.1) is 0 Å². The molecule has 86 valence electrons. The summed E-state index contributed by atoms with van der Waals surface area (Å²) in [5.41, 5.74) is 0.756. The number of hydrogen-bond acceptors (Lipinski definition) is 3. The normalized spacial score (nSPS) is 11.6. The standard InChI is InChI=1S/C12H15NO3/c1-2-8-16-12(15)13-9-11(14)10-6-4-3-5-7-10/h2-7,11,14H,1,8-9H2,(H,13,15)/t11-/m0/s1. The Morgan fingerprint density at radius 3 is 2.81 bits per heavy atom. The fourth-order valence-electron chi connectivity index (χ4n) is 1.16. The van der Waals surface area contributed by atoms with Gasteiger partial charge in [0.15, 0.2) is 0 Å². The van der Waals surface area contributed by atoms with Gasteiger partial charge in [0.2, 0.25) is 0 Å². The molecule has 0 radical (unpaired) electrons. The van der Waals surface area contributed by atoms with Crippen LogP contribution in [0.2, 0.25) is 0 Å². The van der Waals surface area contributed by atoms with Crippen LogP contribution in [0, 0.1) is 0 Å². The average molecular weight is 221 g/mol. The first-order valence-electron chi connectivity index (χ1n) is 4.98. The summed E-state index contributed by atoms with van der Waals surface area (Å²) in [4.78, 5) is 11.0. The van der Waals surface area contributed by atoms with E-state index >= 15 is 0 Å². The summed E-state index contributed by atoms with van der Waals surface area (Å²) >= 11 is 0. The van der Waals surface area contributed by atoms with Crippen molar-refractivity contribution in [3.8, 4) is 0 Å². The molecular weight excluding hydrogens is 206 g/mol. The van der Waals surface area contributed by atoms with Gasteiger partial charge in [-0.1, -0.05) is 43.0 Å². The first-order valence-corrected chi connectivity index (χ1v) is 4.98. The summed E-state index contributed by atoms with van der Waals surface area (Å²) in [5, 5.41) is 12.2. The monoisotopic (exact) mass is 221 g/mol. The average Bonchev–Trinajstić information content (AvgIpc) is 2.34. The third-order valence-corrected chi connectivity index (χ3v) is 1.96. The van der Waals surface area contributed by atoms with Crippen LogP contribution in [-0.2, 0) is 4.74 Å². The Bertz CT molecular complexity index is 337. The van der Waals surface area contributed by atoms with E-state index in [0.29, 0.717) is 0 Å². The van der Waals surface area contributed by atoms with Crippen molar-refractivity contribution in [2.45, 2.75) is 6.10 Å². The Kier molecular flexibility index (Phi) is 5.08. The van der Waals surface area contributed by atoms with E-state index in [2.05, 4.69) is 11.9 Å². The lowest BCUT2D eigenvalue weighted by Crippen LogP contribution is -2.29. The Balaban J connectivity index is 2.33. The molecular formula is C12H15NO3. The highest BCUT2D eigenvalue weighted by atomic mass is 16.5. The van der Waals surface area contributed by atoms with Crippen LogP contribution in [0.4, 0.5) is 4.79 Å². The number of alkyl carbamates (subject to hydrolysis) is 1. The summed E-state index contributed by atoms with van der Waals surface area (Å²) in [6.45, 7) is 3.71. The Labute approximate surface area is 94.6 Å².